The van der Waals surface area contributed by atoms with Crippen molar-refractivity contribution in [1.29, 1.82) is 0 Å². The Morgan fingerprint density at radius 2 is 1.00 bits per heavy atom. The second kappa shape index (κ2) is 10.1. The van der Waals surface area contributed by atoms with Crippen LogP contribution in [-0.4, -0.2) is 14.1 Å². The summed E-state index contributed by atoms with van der Waals surface area (Å²) in [6.07, 6.45) is 0. The molecule has 0 spiro atoms. The van der Waals surface area contributed by atoms with Crippen molar-refractivity contribution in [3.05, 3.63) is 164 Å². The summed E-state index contributed by atoms with van der Waals surface area (Å²) in [4.78, 5) is 5.04. The van der Waals surface area contributed by atoms with E-state index in [0.717, 1.165) is 72.4 Å². The molecular formula is C43H27N3O. The van der Waals surface area contributed by atoms with Gasteiger partial charge in [-0.2, -0.15) is 0 Å². The minimum atomic E-state index is 0.903. The van der Waals surface area contributed by atoms with E-state index in [-0.39, 0.29) is 0 Å². The number of imidazole rings is 1. The van der Waals surface area contributed by atoms with Gasteiger partial charge < -0.3 is 8.98 Å². The number of fused-ring (bicyclic) bond motifs is 7. The number of rotatable bonds is 4. The highest BCUT2D eigenvalue weighted by Gasteiger charge is 2.17. The van der Waals surface area contributed by atoms with Crippen molar-refractivity contribution in [2.45, 2.75) is 0 Å². The molecule has 3 heterocycles. The topological polar surface area (TPSA) is 35.9 Å². The molecule has 0 radical (unpaired) electrons. The normalized spacial score (nSPS) is 11.8. The van der Waals surface area contributed by atoms with Gasteiger partial charge in [0.2, 0.25) is 0 Å². The average molecular weight is 602 g/mol. The summed E-state index contributed by atoms with van der Waals surface area (Å²) < 4.78 is 10.9. The van der Waals surface area contributed by atoms with Crippen molar-refractivity contribution >= 4 is 54.8 Å². The van der Waals surface area contributed by atoms with Crippen LogP contribution in [0.15, 0.2) is 168 Å². The molecule has 10 aromatic rings. The van der Waals surface area contributed by atoms with E-state index >= 15 is 0 Å². The first-order chi connectivity index (χ1) is 23.3. The Balaban J connectivity index is 1.05. The molecule has 0 amide bonds. The van der Waals surface area contributed by atoms with Gasteiger partial charge in [0, 0.05) is 44.5 Å². The van der Waals surface area contributed by atoms with E-state index in [2.05, 4.69) is 149 Å². The van der Waals surface area contributed by atoms with Gasteiger partial charge >= 0.3 is 0 Å². The van der Waals surface area contributed by atoms with E-state index in [9.17, 15) is 0 Å². The lowest BCUT2D eigenvalue weighted by Gasteiger charge is -2.11. The summed E-state index contributed by atoms with van der Waals surface area (Å²) in [5.41, 5.74) is 11.8. The first-order valence-electron chi connectivity index (χ1n) is 15.9. The van der Waals surface area contributed by atoms with Gasteiger partial charge in [0.25, 0.3) is 0 Å². The van der Waals surface area contributed by atoms with Gasteiger partial charge in [0.05, 0.1) is 22.1 Å². The fourth-order valence-corrected chi connectivity index (χ4v) is 7.14. The molecule has 0 N–H and O–H groups in total. The van der Waals surface area contributed by atoms with E-state index in [1.807, 2.05) is 24.3 Å². The zero-order valence-corrected chi connectivity index (χ0v) is 25.3. The molecule has 0 saturated carbocycles. The minimum Gasteiger partial charge on any atom is -0.456 e. The molecule has 0 fully saturated rings. The predicted octanol–water partition coefficient (Wildman–Crippen LogP) is 11.4. The first-order valence-corrected chi connectivity index (χ1v) is 15.9. The summed E-state index contributed by atoms with van der Waals surface area (Å²) in [6, 6.07) is 57.7. The van der Waals surface area contributed by atoms with Crippen molar-refractivity contribution in [2.75, 3.05) is 0 Å². The monoisotopic (exact) mass is 601 g/mol. The highest BCUT2D eigenvalue weighted by Crippen LogP contribution is 2.38. The molecule has 0 saturated heterocycles. The van der Waals surface area contributed by atoms with Crippen LogP contribution in [0.2, 0.25) is 0 Å². The Bertz CT molecular complexity index is 2760. The molecule has 0 aliphatic rings. The van der Waals surface area contributed by atoms with Crippen LogP contribution in [0.25, 0.3) is 88.7 Å². The van der Waals surface area contributed by atoms with Gasteiger partial charge in [-0.3, -0.25) is 4.57 Å². The van der Waals surface area contributed by atoms with Gasteiger partial charge in [-0.25, -0.2) is 4.98 Å². The number of para-hydroxylation sites is 5. The molecule has 0 bridgehead atoms. The molecule has 7 aromatic carbocycles. The van der Waals surface area contributed by atoms with Crippen LogP contribution in [0.4, 0.5) is 0 Å². The lowest BCUT2D eigenvalue weighted by atomic mass is 10.0. The second-order valence-corrected chi connectivity index (χ2v) is 12.0. The fourth-order valence-electron chi connectivity index (χ4n) is 7.14. The van der Waals surface area contributed by atoms with Crippen LogP contribution in [0.5, 0.6) is 0 Å². The maximum Gasteiger partial charge on any atom is 0.145 e. The number of hydrogen-bond donors (Lipinski definition) is 0. The summed E-state index contributed by atoms with van der Waals surface area (Å²) in [5, 5.41) is 4.75. The van der Waals surface area contributed by atoms with Crippen LogP contribution >= 0.6 is 0 Å². The van der Waals surface area contributed by atoms with E-state index < -0.39 is 0 Å². The Labute approximate surface area is 270 Å². The molecule has 4 nitrogen and oxygen atoms in total. The van der Waals surface area contributed by atoms with Gasteiger partial charge in [-0.05, 0) is 65.7 Å². The molecule has 10 rings (SSSR count). The van der Waals surface area contributed by atoms with Crippen molar-refractivity contribution < 1.29 is 4.42 Å². The Hall–Kier alpha value is -6.39. The zero-order chi connectivity index (χ0) is 30.9. The molecule has 3 aromatic heterocycles. The summed E-state index contributed by atoms with van der Waals surface area (Å²) >= 11 is 0. The zero-order valence-electron chi connectivity index (χ0n) is 25.3. The molecule has 47 heavy (non-hydrogen) atoms. The van der Waals surface area contributed by atoms with Gasteiger partial charge in [0.15, 0.2) is 0 Å². The van der Waals surface area contributed by atoms with E-state index in [1.54, 1.807) is 0 Å². The lowest BCUT2D eigenvalue weighted by Crippen LogP contribution is -1.97. The van der Waals surface area contributed by atoms with Crippen LogP contribution in [0.3, 0.4) is 0 Å². The van der Waals surface area contributed by atoms with Crippen molar-refractivity contribution in [1.82, 2.24) is 14.1 Å². The number of aromatic nitrogens is 3. The lowest BCUT2D eigenvalue weighted by molar-refractivity contribution is 0.669. The predicted molar refractivity (Wildman–Crippen MR) is 194 cm³/mol. The van der Waals surface area contributed by atoms with Crippen LogP contribution in [0, 0.1) is 0 Å². The third kappa shape index (κ3) is 3.98. The van der Waals surface area contributed by atoms with Crippen LogP contribution in [0.1, 0.15) is 0 Å². The maximum absolute atomic E-state index is 6.30. The molecule has 0 atom stereocenters. The van der Waals surface area contributed by atoms with E-state index in [0.29, 0.717) is 0 Å². The van der Waals surface area contributed by atoms with Crippen molar-refractivity contribution in [3.63, 3.8) is 0 Å². The Morgan fingerprint density at radius 1 is 0.383 bits per heavy atom. The van der Waals surface area contributed by atoms with Gasteiger partial charge in [-0.1, -0.05) is 103 Å². The second-order valence-electron chi connectivity index (χ2n) is 12.0. The molecular weight excluding hydrogens is 574 g/mol. The molecule has 0 aliphatic carbocycles. The third-order valence-corrected chi connectivity index (χ3v) is 9.35. The molecule has 4 heteroatoms. The van der Waals surface area contributed by atoms with Crippen molar-refractivity contribution in [2.24, 2.45) is 0 Å². The maximum atomic E-state index is 6.30. The molecule has 220 valence electrons. The molecule has 0 unspecified atom stereocenters. The van der Waals surface area contributed by atoms with Crippen LogP contribution in [-0.2, 0) is 0 Å². The largest absolute Gasteiger partial charge is 0.456 e. The highest BCUT2D eigenvalue weighted by atomic mass is 16.3. The van der Waals surface area contributed by atoms with Gasteiger partial charge in [-0.15, -0.1) is 0 Å². The smallest absolute Gasteiger partial charge is 0.145 e. The summed E-state index contributed by atoms with van der Waals surface area (Å²) in [7, 11) is 0. The highest BCUT2D eigenvalue weighted by molar-refractivity contribution is 6.17. The standard InChI is InChI=1S/C43H27N3O/c1-2-10-31(11-3-1)46-39-16-8-6-14-37(39)44-43(46)30-20-18-28(19-21-30)29-22-24-32(25-23-29)45-38-15-7-4-12-33(38)35-26-36-34-13-5-9-17-41(34)47-42(36)27-40(35)45/h1-27H. The Morgan fingerprint density at radius 3 is 1.81 bits per heavy atom. The fraction of sp³-hybridized carbons (Fsp3) is 0. The number of furan rings is 1. The molecule has 0 aliphatic heterocycles. The summed E-state index contributed by atoms with van der Waals surface area (Å²) in [6.45, 7) is 0. The van der Waals surface area contributed by atoms with Crippen molar-refractivity contribution in [3.8, 4) is 33.9 Å². The van der Waals surface area contributed by atoms with Gasteiger partial charge in [0.1, 0.15) is 17.0 Å². The minimum absolute atomic E-state index is 0.903. The SMILES string of the molecule is c1ccc(-n2c(-c3ccc(-c4ccc(-n5c6ccccc6c6cc7c(cc65)oc5ccccc57)cc4)cc3)nc3ccccc32)cc1. The number of benzene rings is 7. The Kier molecular flexibility index (Phi) is 5.54. The number of hydrogen-bond acceptors (Lipinski definition) is 2. The average Bonchev–Trinajstić information content (AvgIpc) is 3.81. The third-order valence-electron chi connectivity index (χ3n) is 9.35. The first kappa shape index (κ1) is 25.9. The quantitative estimate of drug-likeness (QED) is 0.201. The van der Waals surface area contributed by atoms with Crippen LogP contribution < -0.4 is 0 Å². The van der Waals surface area contributed by atoms with E-state index in [4.69, 9.17) is 9.40 Å². The summed E-state index contributed by atoms with van der Waals surface area (Å²) in [5.74, 6) is 0.934. The number of nitrogens with zero attached hydrogens (tertiary/aromatic N) is 3. The van der Waals surface area contributed by atoms with E-state index in [1.165, 1.54) is 16.3 Å².